The van der Waals surface area contributed by atoms with Gasteiger partial charge in [0.1, 0.15) is 11.5 Å². The molecule has 0 spiro atoms. The number of benzene rings is 2. The molecule has 0 atom stereocenters. The number of methoxy groups -OCH3 is 2. The molecule has 0 fully saturated rings. The average Bonchev–Trinajstić information content (AvgIpc) is 2.59. The fourth-order valence-electron chi connectivity index (χ4n) is 1.96. The molecule has 23 heavy (non-hydrogen) atoms. The van der Waals surface area contributed by atoms with Gasteiger partial charge in [-0.2, -0.15) is 0 Å². The number of carbonyl (C=O) groups excluding carboxylic acids is 1. The number of carbonyl (C=O) groups is 1. The molecule has 0 bridgehead atoms. The van der Waals surface area contributed by atoms with Gasteiger partial charge in [0.25, 0.3) is 5.69 Å². The summed E-state index contributed by atoms with van der Waals surface area (Å²) in [6.45, 7) is 0. The Labute approximate surface area is 133 Å². The number of allylic oxidation sites excluding steroid dienone is 1. The van der Waals surface area contributed by atoms with E-state index in [9.17, 15) is 14.9 Å². The summed E-state index contributed by atoms with van der Waals surface area (Å²) in [6.07, 6.45) is 2.88. The summed E-state index contributed by atoms with van der Waals surface area (Å²) in [5.41, 5.74) is 0.952. The SMILES string of the molecule is COc1cc(OC)cc(C(=O)/C=C/c2cccc([N+](=O)[O-])c2)c1. The normalized spacial score (nSPS) is 10.5. The Kier molecular flexibility index (Phi) is 5.09. The summed E-state index contributed by atoms with van der Waals surface area (Å²) in [4.78, 5) is 22.5. The van der Waals surface area contributed by atoms with Gasteiger partial charge in [0, 0.05) is 23.8 Å². The molecule has 2 aromatic rings. The van der Waals surface area contributed by atoms with Crippen molar-refractivity contribution >= 4 is 17.5 Å². The van der Waals surface area contributed by atoms with E-state index < -0.39 is 4.92 Å². The summed E-state index contributed by atoms with van der Waals surface area (Å²) >= 11 is 0. The Bertz CT molecular complexity index is 745. The number of nitro groups is 1. The topological polar surface area (TPSA) is 78.7 Å². The van der Waals surface area contributed by atoms with Crippen LogP contribution in [0.25, 0.3) is 6.08 Å². The number of hydrogen-bond donors (Lipinski definition) is 0. The number of hydrogen-bond acceptors (Lipinski definition) is 5. The van der Waals surface area contributed by atoms with Crippen LogP contribution >= 0.6 is 0 Å². The largest absolute Gasteiger partial charge is 0.497 e. The Morgan fingerprint density at radius 3 is 2.30 bits per heavy atom. The molecule has 0 radical (unpaired) electrons. The van der Waals surface area contributed by atoms with Gasteiger partial charge in [0.05, 0.1) is 19.1 Å². The molecule has 0 aliphatic heterocycles. The molecule has 0 saturated heterocycles. The summed E-state index contributed by atoms with van der Waals surface area (Å²) in [5.74, 6) is 0.765. The van der Waals surface area contributed by atoms with Crippen LogP contribution in [0.4, 0.5) is 5.69 Å². The van der Waals surface area contributed by atoms with E-state index in [0.29, 0.717) is 22.6 Å². The van der Waals surface area contributed by atoms with Gasteiger partial charge in [0.2, 0.25) is 0 Å². The molecule has 2 rings (SSSR count). The predicted molar refractivity (Wildman–Crippen MR) is 86.0 cm³/mol. The van der Waals surface area contributed by atoms with E-state index in [1.54, 1.807) is 30.3 Å². The van der Waals surface area contributed by atoms with Gasteiger partial charge in [-0.1, -0.05) is 18.2 Å². The van der Waals surface area contributed by atoms with Gasteiger partial charge >= 0.3 is 0 Å². The van der Waals surface area contributed by atoms with E-state index in [1.807, 2.05) is 0 Å². The summed E-state index contributed by atoms with van der Waals surface area (Å²) < 4.78 is 10.2. The van der Waals surface area contributed by atoms with Gasteiger partial charge in [-0.05, 0) is 23.8 Å². The van der Waals surface area contributed by atoms with Crippen molar-refractivity contribution in [3.8, 4) is 11.5 Å². The van der Waals surface area contributed by atoms with Crippen LogP contribution in [-0.4, -0.2) is 24.9 Å². The first-order valence-corrected chi connectivity index (χ1v) is 6.73. The zero-order valence-corrected chi connectivity index (χ0v) is 12.7. The van der Waals surface area contributed by atoms with E-state index in [1.165, 1.54) is 38.5 Å². The Morgan fingerprint density at radius 2 is 1.74 bits per heavy atom. The van der Waals surface area contributed by atoms with Crippen LogP contribution < -0.4 is 9.47 Å². The van der Waals surface area contributed by atoms with Crippen molar-refractivity contribution in [3.63, 3.8) is 0 Å². The van der Waals surface area contributed by atoms with Crippen molar-refractivity contribution in [3.05, 3.63) is 69.8 Å². The summed E-state index contributed by atoms with van der Waals surface area (Å²) in [5, 5.41) is 10.7. The third-order valence-electron chi connectivity index (χ3n) is 3.14. The highest BCUT2D eigenvalue weighted by Gasteiger charge is 2.08. The van der Waals surface area contributed by atoms with Crippen molar-refractivity contribution in [2.45, 2.75) is 0 Å². The smallest absolute Gasteiger partial charge is 0.270 e. The number of nitrogens with zero attached hydrogens (tertiary/aromatic N) is 1. The first-order chi connectivity index (χ1) is 11.0. The fraction of sp³-hybridized carbons (Fsp3) is 0.118. The van der Waals surface area contributed by atoms with Gasteiger partial charge in [-0.25, -0.2) is 0 Å². The molecule has 0 aromatic heterocycles. The molecule has 0 heterocycles. The van der Waals surface area contributed by atoms with Crippen LogP contribution in [0.2, 0.25) is 0 Å². The lowest BCUT2D eigenvalue weighted by molar-refractivity contribution is -0.384. The third-order valence-corrected chi connectivity index (χ3v) is 3.14. The van der Waals surface area contributed by atoms with Crippen LogP contribution in [0.3, 0.4) is 0 Å². The number of nitro benzene ring substituents is 1. The summed E-state index contributed by atoms with van der Waals surface area (Å²) in [6, 6.07) is 10.9. The number of ether oxygens (including phenoxy) is 2. The zero-order chi connectivity index (χ0) is 16.8. The minimum absolute atomic E-state index is 0.0253. The second-order valence-corrected chi connectivity index (χ2v) is 4.65. The fourth-order valence-corrected chi connectivity index (χ4v) is 1.96. The molecule has 6 heteroatoms. The van der Waals surface area contributed by atoms with E-state index in [2.05, 4.69) is 0 Å². The lowest BCUT2D eigenvalue weighted by atomic mass is 10.1. The van der Waals surface area contributed by atoms with Crippen LogP contribution in [0.5, 0.6) is 11.5 Å². The van der Waals surface area contributed by atoms with E-state index in [4.69, 9.17) is 9.47 Å². The molecule has 0 aliphatic carbocycles. The molecule has 0 aliphatic rings. The van der Waals surface area contributed by atoms with E-state index in [0.717, 1.165) is 0 Å². The number of ketones is 1. The molecule has 0 N–H and O–H groups in total. The van der Waals surface area contributed by atoms with Crippen molar-refractivity contribution in [2.24, 2.45) is 0 Å². The maximum atomic E-state index is 12.2. The predicted octanol–water partition coefficient (Wildman–Crippen LogP) is 3.51. The van der Waals surface area contributed by atoms with Gasteiger partial charge < -0.3 is 9.47 Å². The Balaban J connectivity index is 2.24. The van der Waals surface area contributed by atoms with Crippen LogP contribution in [0, 0.1) is 10.1 Å². The molecule has 2 aromatic carbocycles. The second-order valence-electron chi connectivity index (χ2n) is 4.65. The average molecular weight is 313 g/mol. The van der Waals surface area contributed by atoms with E-state index >= 15 is 0 Å². The molecule has 0 unspecified atom stereocenters. The lowest BCUT2D eigenvalue weighted by Crippen LogP contribution is -1.97. The number of non-ortho nitro benzene ring substituents is 1. The lowest BCUT2D eigenvalue weighted by Gasteiger charge is -2.06. The van der Waals surface area contributed by atoms with Gasteiger partial charge in [0.15, 0.2) is 5.78 Å². The molecule has 0 saturated carbocycles. The van der Waals surface area contributed by atoms with Crippen LogP contribution in [-0.2, 0) is 0 Å². The van der Waals surface area contributed by atoms with Gasteiger partial charge in [-0.3, -0.25) is 14.9 Å². The quantitative estimate of drug-likeness (QED) is 0.353. The van der Waals surface area contributed by atoms with Crippen molar-refractivity contribution in [2.75, 3.05) is 14.2 Å². The Morgan fingerprint density at radius 1 is 1.09 bits per heavy atom. The number of rotatable bonds is 6. The van der Waals surface area contributed by atoms with Crippen molar-refractivity contribution in [1.82, 2.24) is 0 Å². The minimum Gasteiger partial charge on any atom is -0.497 e. The molecular formula is C17H15NO5. The zero-order valence-electron chi connectivity index (χ0n) is 12.7. The first-order valence-electron chi connectivity index (χ1n) is 6.73. The highest BCUT2D eigenvalue weighted by molar-refractivity contribution is 6.07. The van der Waals surface area contributed by atoms with Crippen molar-refractivity contribution < 1.29 is 19.2 Å². The second kappa shape index (κ2) is 7.22. The van der Waals surface area contributed by atoms with E-state index in [-0.39, 0.29) is 11.5 Å². The maximum absolute atomic E-state index is 12.2. The monoisotopic (exact) mass is 313 g/mol. The molecule has 6 nitrogen and oxygen atoms in total. The summed E-state index contributed by atoms with van der Waals surface area (Å²) in [7, 11) is 3.00. The third kappa shape index (κ3) is 4.16. The minimum atomic E-state index is -0.480. The standard InChI is InChI=1S/C17H15NO5/c1-22-15-9-13(10-16(11-15)23-2)17(19)7-6-12-4-3-5-14(8-12)18(20)21/h3-11H,1-2H3/b7-6+. The molecule has 118 valence electrons. The van der Waals surface area contributed by atoms with Gasteiger partial charge in [-0.15, -0.1) is 0 Å². The highest BCUT2D eigenvalue weighted by Crippen LogP contribution is 2.23. The molecule has 0 amide bonds. The first kappa shape index (κ1) is 16.2. The van der Waals surface area contributed by atoms with Crippen LogP contribution in [0.15, 0.2) is 48.5 Å². The van der Waals surface area contributed by atoms with Crippen LogP contribution in [0.1, 0.15) is 15.9 Å². The van der Waals surface area contributed by atoms with Crippen molar-refractivity contribution in [1.29, 1.82) is 0 Å². The Hall–Kier alpha value is -3.15. The highest BCUT2D eigenvalue weighted by atomic mass is 16.6. The maximum Gasteiger partial charge on any atom is 0.270 e. The molecular weight excluding hydrogens is 298 g/mol.